The lowest BCUT2D eigenvalue weighted by atomic mass is 10.2. The van der Waals surface area contributed by atoms with Gasteiger partial charge in [-0.25, -0.2) is 0 Å². The van der Waals surface area contributed by atoms with E-state index in [1.807, 2.05) is 24.3 Å². The van der Waals surface area contributed by atoms with Gasteiger partial charge in [-0.1, -0.05) is 12.7 Å². The van der Waals surface area contributed by atoms with Crippen LogP contribution < -0.4 is 5.32 Å². The summed E-state index contributed by atoms with van der Waals surface area (Å²) in [6, 6.07) is 3.56. The highest BCUT2D eigenvalue weighted by Crippen LogP contribution is 2.27. The minimum absolute atomic E-state index is 0.294. The van der Waals surface area contributed by atoms with Crippen LogP contribution in [0.25, 0.3) is 5.70 Å². The van der Waals surface area contributed by atoms with Crippen molar-refractivity contribution >= 4 is 22.7 Å². The highest BCUT2D eigenvalue weighted by atomic mass is 32.1. The molecule has 134 valence electrons. The van der Waals surface area contributed by atoms with Crippen molar-refractivity contribution in [3.8, 4) is 0 Å². The van der Waals surface area contributed by atoms with Gasteiger partial charge < -0.3 is 10.1 Å². The van der Waals surface area contributed by atoms with Crippen molar-refractivity contribution in [3.05, 3.63) is 64.1 Å². The van der Waals surface area contributed by atoms with E-state index in [1.165, 1.54) is 18.4 Å². The summed E-state index contributed by atoms with van der Waals surface area (Å²) in [6.07, 6.45) is 2.40. The van der Waals surface area contributed by atoms with E-state index in [-0.39, 0.29) is 0 Å². The minimum Gasteiger partial charge on any atom is -0.492 e. The van der Waals surface area contributed by atoms with Gasteiger partial charge in [-0.05, 0) is 37.3 Å². The predicted molar refractivity (Wildman–Crippen MR) is 96.8 cm³/mol. The van der Waals surface area contributed by atoms with Gasteiger partial charge >= 0.3 is 6.18 Å². The third-order valence-corrected chi connectivity index (χ3v) is 4.62. The SMILES string of the molecule is C=C(NCC1=CC=CCO1)c1ccc(C(/C=C(\C)C(F)(F)F)=NC)s1. The number of ether oxygens (including phenoxy) is 1. The molecule has 1 aromatic rings. The molecule has 1 N–H and O–H groups in total. The molecule has 1 aliphatic heterocycles. The molecule has 0 radical (unpaired) electrons. The van der Waals surface area contributed by atoms with Gasteiger partial charge in [0.2, 0.25) is 0 Å². The van der Waals surface area contributed by atoms with Crippen molar-refractivity contribution in [2.24, 2.45) is 4.99 Å². The summed E-state index contributed by atoms with van der Waals surface area (Å²) < 4.78 is 43.6. The summed E-state index contributed by atoms with van der Waals surface area (Å²) in [7, 11) is 1.47. The Morgan fingerprint density at radius 3 is 2.72 bits per heavy atom. The number of hydrogen-bond acceptors (Lipinski definition) is 4. The molecular weight excluding hydrogens is 349 g/mol. The van der Waals surface area contributed by atoms with Crippen molar-refractivity contribution in [3.63, 3.8) is 0 Å². The fraction of sp³-hybridized carbons (Fsp3) is 0.278. The maximum Gasteiger partial charge on any atom is 0.412 e. The molecule has 2 heterocycles. The molecule has 0 saturated carbocycles. The Morgan fingerprint density at radius 2 is 2.12 bits per heavy atom. The number of thiophene rings is 1. The Kier molecular flexibility index (Phi) is 6.25. The van der Waals surface area contributed by atoms with Crippen LogP contribution >= 0.6 is 11.3 Å². The van der Waals surface area contributed by atoms with Gasteiger partial charge in [0.1, 0.15) is 12.4 Å². The first kappa shape index (κ1) is 19.1. The summed E-state index contributed by atoms with van der Waals surface area (Å²) in [5.74, 6) is 0.806. The fourth-order valence-electron chi connectivity index (χ4n) is 2.00. The zero-order chi connectivity index (χ0) is 18.4. The fourth-order valence-corrected chi connectivity index (χ4v) is 2.95. The first-order chi connectivity index (χ1) is 11.8. The smallest absolute Gasteiger partial charge is 0.412 e. The number of aliphatic imine (C=N–C) groups is 1. The highest BCUT2D eigenvalue weighted by molar-refractivity contribution is 7.15. The molecule has 3 nitrogen and oxygen atoms in total. The number of halogens is 3. The van der Waals surface area contributed by atoms with Crippen molar-refractivity contribution in [1.82, 2.24) is 5.32 Å². The highest BCUT2D eigenvalue weighted by Gasteiger charge is 2.30. The Bertz CT molecular complexity index is 755. The minimum atomic E-state index is -4.36. The third kappa shape index (κ3) is 5.35. The second kappa shape index (κ2) is 8.20. The lowest BCUT2D eigenvalue weighted by Crippen LogP contribution is -2.16. The average molecular weight is 368 g/mol. The van der Waals surface area contributed by atoms with Crippen LogP contribution in [0.5, 0.6) is 0 Å². The molecule has 0 spiro atoms. The normalized spacial score (nSPS) is 15.6. The van der Waals surface area contributed by atoms with Gasteiger partial charge in [0.05, 0.1) is 22.0 Å². The topological polar surface area (TPSA) is 33.6 Å². The van der Waals surface area contributed by atoms with E-state index in [2.05, 4.69) is 16.9 Å². The van der Waals surface area contributed by atoms with E-state index in [0.29, 0.717) is 29.4 Å². The number of nitrogens with one attached hydrogen (secondary N) is 1. The maximum atomic E-state index is 12.7. The molecule has 25 heavy (non-hydrogen) atoms. The molecule has 2 rings (SSSR count). The Labute approximate surface area is 148 Å². The summed E-state index contributed by atoms with van der Waals surface area (Å²) in [4.78, 5) is 5.46. The summed E-state index contributed by atoms with van der Waals surface area (Å²) in [5, 5.41) is 3.16. The van der Waals surface area contributed by atoms with Crippen molar-refractivity contribution < 1.29 is 17.9 Å². The zero-order valence-corrected chi connectivity index (χ0v) is 14.8. The molecule has 0 unspecified atom stereocenters. The molecule has 0 fully saturated rings. The van der Waals surface area contributed by atoms with Gasteiger partial charge in [0.25, 0.3) is 0 Å². The molecule has 1 aromatic heterocycles. The Morgan fingerprint density at radius 1 is 1.40 bits per heavy atom. The average Bonchev–Trinajstić information content (AvgIpc) is 3.07. The summed E-state index contributed by atoms with van der Waals surface area (Å²) in [6.45, 7) is 6.05. The quantitative estimate of drug-likeness (QED) is 0.738. The molecule has 0 bridgehead atoms. The maximum absolute atomic E-state index is 12.7. The molecule has 0 amide bonds. The molecule has 0 saturated heterocycles. The van der Waals surface area contributed by atoms with Crippen molar-refractivity contribution in [2.75, 3.05) is 20.2 Å². The van der Waals surface area contributed by atoms with E-state index in [4.69, 9.17) is 4.74 Å². The first-order valence-corrected chi connectivity index (χ1v) is 8.37. The van der Waals surface area contributed by atoms with Crippen LogP contribution in [-0.4, -0.2) is 32.1 Å². The van der Waals surface area contributed by atoms with E-state index in [9.17, 15) is 13.2 Å². The lowest BCUT2D eigenvalue weighted by molar-refractivity contribution is -0.0912. The van der Waals surface area contributed by atoms with Crippen LogP contribution in [0.1, 0.15) is 16.7 Å². The van der Waals surface area contributed by atoms with Gasteiger partial charge in [-0.2, -0.15) is 13.2 Å². The lowest BCUT2D eigenvalue weighted by Gasteiger charge is -2.13. The Balaban J connectivity index is 2.06. The van der Waals surface area contributed by atoms with Crippen LogP contribution in [0.15, 0.2) is 59.3 Å². The standard InChI is InChI=1S/C18H19F3N2OS/c1-12(18(19,20)21)10-15(22-3)17-8-7-16(25-17)13(2)23-11-14-6-4-5-9-24-14/h4-8,10,23H,2,9,11H2,1,3H3/b12-10+,22-15?. The number of alkyl halides is 3. The first-order valence-electron chi connectivity index (χ1n) is 7.55. The number of nitrogens with zero attached hydrogens (tertiary/aromatic N) is 1. The van der Waals surface area contributed by atoms with E-state index in [0.717, 1.165) is 23.6 Å². The second-order valence-corrected chi connectivity index (χ2v) is 6.39. The molecule has 7 heteroatoms. The van der Waals surface area contributed by atoms with Crippen LogP contribution in [-0.2, 0) is 4.74 Å². The van der Waals surface area contributed by atoms with E-state index < -0.39 is 11.7 Å². The number of rotatable bonds is 6. The van der Waals surface area contributed by atoms with Gasteiger partial charge in [-0.15, -0.1) is 11.3 Å². The molecule has 0 aliphatic carbocycles. The van der Waals surface area contributed by atoms with Gasteiger partial charge in [-0.3, -0.25) is 4.99 Å². The number of allylic oxidation sites excluding steroid dienone is 4. The molecule has 0 atom stereocenters. The van der Waals surface area contributed by atoms with Crippen LogP contribution in [0, 0.1) is 0 Å². The second-order valence-electron chi connectivity index (χ2n) is 5.30. The Hall–Kier alpha value is -2.28. The van der Waals surface area contributed by atoms with Crippen molar-refractivity contribution in [1.29, 1.82) is 0 Å². The largest absolute Gasteiger partial charge is 0.492 e. The summed E-state index contributed by atoms with van der Waals surface area (Å²) >= 11 is 1.33. The van der Waals surface area contributed by atoms with Gasteiger partial charge in [0, 0.05) is 18.3 Å². The molecule has 1 aliphatic rings. The monoisotopic (exact) mass is 368 g/mol. The summed E-state index contributed by atoms with van der Waals surface area (Å²) in [5.41, 5.74) is 0.291. The van der Waals surface area contributed by atoms with Gasteiger partial charge in [0.15, 0.2) is 0 Å². The zero-order valence-electron chi connectivity index (χ0n) is 14.0. The van der Waals surface area contributed by atoms with Crippen molar-refractivity contribution in [2.45, 2.75) is 13.1 Å². The predicted octanol–water partition coefficient (Wildman–Crippen LogP) is 4.71. The van der Waals surface area contributed by atoms with Crippen LogP contribution in [0.2, 0.25) is 0 Å². The van der Waals surface area contributed by atoms with E-state index >= 15 is 0 Å². The number of hydrogen-bond donors (Lipinski definition) is 1. The molecular formula is C18H19F3N2OS. The third-order valence-electron chi connectivity index (χ3n) is 3.46. The van der Waals surface area contributed by atoms with Crippen LogP contribution in [0.4, 0.5) is 13.2 Å². The molecule has 0 aromatic carbocycles. The van der Waals surface area contributed by atoms with E-state index in [1.54, 1.807) is 6.07 Å². The van der Waals surface area contributed by atoms with Crippen LogP contribution in [0.3, 0.4) is 0 Å².